The van der Waals surface area contributed by atoms with E-state index in [0.717, 1.165) is 0 Å². The molecule has 0 aliphatic rings. The van der Waals surface area contributed by atoms with E-state index in [4.69, 9.17) is 25.4 Å². The van der Waals surface area contributed by atoms with Gasteiger partial charge in [0, 0.05) is 11.5 Å². The molecule has 2 aromatic heterocycles. The molecule has 0 aliphatic carbocycles. The molecule has 0 unspecified atom stereocenters. The van der Waals surface area contributed by atoms with E-state index in [-0.39, 0.29) is 12.3 Å². The van der Waals surface area contributed by atoms with Gasteiger partial charge in [-0.15, -0.1) is 0 Å². The highest BCUT2D eigenvalue weighted by Gasteiger charge is 2.12. The summed E-state index contributed by atoms with van der Waals surface area (Å²) in [7, 11) is 3.08. The summed E-state index contributed by atoms with van der Waals surface area (Å²) in [6, 6.07) is 6.59. The molecule has 9 nitrogen and oxygen atoms in total. The normalized spacial score (nSPS) is 10.6. The van der Waals surface area contributed by atoms with Gasteiger partial charge < -0.3 is 30.7 Å². The number of nitrogens with two attached hydrogens (primary N) is 2. The maximum Gasteiger partial charge on any atom is 0.284 e. The average molecular weight is 343 g/mol. The van der Waals surface area contributed by atoms with Crippen molar-refractivity contribution in [2.75, 3.05) is 25.3 Å². The molecule has 0 aliphatic heterocycles. The van der Waals surface area contributed by atoms with Crippen LogP contribution in [0.1, 0.15) is 16.3 Å². The van der Waals surface area contributed by atoms with Crippen molar-refractivity contribution in [3.8, 4) is 11.5 Å². The molecule has 0 saturated heterocycles. The Hall–Kier alpha value is -3.49. The Morgan fingerprint density at radius 1 is 1.20 bits per heavy atom. The van der Waals surface area contributed by atoms with Crippen LogP contribution < -0.4 is 26.3 Å². The van der Waals surface area contributed by atoms with Gasteiger partial charge in [0.2, 0.25) is 5.95 Å². The molecule has 0 bridgehead atoms. The smallest absolute Gasteiger partial charge is 0.284 e. The number of carbonyl (C=O) groups is 1. The maximum absolute atomic E-state index is 11.0. The largest absolute Gasteiger partial charge is 0.493 e. The number of hydrogen-bond acceptors (Lipinski definition) is 8. The summed E-state index contributed by atoms with van der Waals surface area (Å²) in [6.07, 6.45) is 0. The van der Waals surface area contributed by atoms with E-state index in [2.05, 4.69) is 15.3 Å². The maximum atomic E-state index is 11.0. The van der Waals surface area contributed by atoms with Crippen molar-refractivity contribution >= 4 is 28.6 Å². The predicted molar refractivity (Wildman–Crippen MR) is 91.6 cm³/mol. The van der Waals surface area contributed by atoms with Crippen molar-refractivity contribution in [2.45, 2.75) is 6.54 Å². The monoisotopic (exact) mass is 343 g/mol. The highest BCUT2D eigenvalue weighted by molar-refractivity contribution is 5.91. The van der Waals surface area contributed by atoms with Crippen LogP contribution in [0.4, 0.5) is 11.8 Å². The summed E-state index contributed by atoms with van der Waals surface area (Å²) in [6.45, 7) is 0.269. The van der Waals surface area contributed by atoms with Crippen LogP contribution in [0.25, 0.3) is 10.9 Å². The van der Waals surface area contributed by atoms with E-state index in [1.165, 1.54) is 6.07 Å². The number of nitrogen functional groups attached to an aromatic ring is 1. The zero-order valence-electron chi connectivity index (χ0n) is 13.7. The first kappa shape index (κ1) is 16.4. The number of amides is 1. The van der Waals surface area contributed by atoms with Crippen LogP contribution in [-0.2, 0) is 6.54 Å². The Morgan fingerprint density at radius 2 is 1.92 bits per heavy atom. The predicted octanol–water partition coefficient (Wildman–Crippen LogP) is 1.53. The lowest BCUT2D eigenvalue weighted by Crippen LogP contribution is -2.09. The van der Waals surface area contributed by atoms with Gasteiger partial charge in [0.05, 0.1) is 26.3 Å². The fourth-order valence-corrected chi connectivity index (χ4v) is 2.33. The van der Waals surface area contributed by atoms with Gasteiger partial charge in [-0.05, 0) is 18.2 Å². The summed E-state index contributed by atoms with van der Waals surface area (Å²) in [5.74, 6) is 1.67. The molecule has 5 N–H and O–H groups in total. The highest BCUT2D eigenvalue weighted by atomic mass is 16.5. The fraction of sp³-hybridized carbons (Fsp3) is 0.188. The minimum Gasteiger partial charge on any atom is -0.493 e. The second-order valence-electron chi connectivity index (χ2n) is 5.14. The SMILES string of the molecule is COc1cc2nc(NCc3ccc(C(N)=O)o3)nc(N)c2cc1OC. The van der Waals surface area contributed by atoms with Gasteiger partial charge in [0.1, 0.15) is 11.6 Å². The Kier molecular flexibility index (Phi) is 4.29. The van der Waals surface area contributed by atoms with Gasteiger partial charge in [-0.3, -0.25) is 4.79 Å². The molecular weight excluding hydrogens is 326 g/mol. The van der Waals surface area contributed by atoms with E-state index >= 15 is 0 Å². The molecule has 3 rings (SSSR count). The second-order valence-corrected chi connectivity index (χ2v) is 5.14. The lowest BCUT2D eigenvalue weighted by Gasteiger charge is -2.11. The number of hydrogen-bond donors (Lipinski definition) is 3. The summed E-state index contributed by atoms with van der Waals surface area (Å²) < 4.78 is 15.8. The zero-order chi connectivity index (χ0) is 18.0. The Bertz CT molecular complexity index is 938. The number of fused-ring (bicyclic) bond motifs is 1. The van der Waals surface area contributed by atoms with Crippen LogP contribution in [0.15, 0.2) is 28.7 Å². The summed E-state index contributed by atoms with van der Waals surface area (Å²) in [4.78, 5) is 19.7. The van der Waals surface area contributed by atoms with Gasteiger partial charge in [-0.2, -0.15) is 4.98 Å². The van der Waals surface area contributed by atoms with E-state index in [0.29, 0.717) is 39.9 Å². The topological polar surface area (TPSA) is 139 Å². The number of rotatable bonds is 6. The summed E-state index contributed by atoms with van der Waals surface area (Å²) >= 11 is 0. The van der Waals surface area contributed by atoms with E-state index in [1.807, 2.05) is 0 Å². The number of carbonyl (C=O) groups excluding carboxylic acids is 1. The number of primary amides is 1. The third-order valence-electron chi connectivity index (χ3n) is 3.56. The highest BCUT2D eigenvalue weighted by Crippen LogP contribution is 2.33. The van der Waals surface area contributed by atoms with Gasteiger partial charge >= 0.3 is 0 Å². The number of furan rings is 1. The summed E-state index contributed by atoms with van der Waals surface area (Å²) in [5, 5.41) is 3.64. The zero-order valence-corrected chi connectivity index (χ0v) is 13.7. The molecule has 1 amide bonds. The molecule has 0 atom stereocenters. The van der Waals surface area contributed by atoms with E-state index < -0.39 is 5.91 Å². The molecule has 2 heterocycles. The van der Waals surface area contributed by atoms with Gasteiger partial charge in [-0.25, -0.2) is 4.98 Å². The van der Waals surface area contributed by atoms with Crippen molar-refractivity contribution in [1.29, 1.82) is 0 Å². The first-order valence-corrected chi connectivity index (χ1v) is 7.33. The second kappa shape index (κ2) is 6.56. The van der Waals surface area contributed by atoms with Crippen LogP contribution in [0.3, 0.4) is 0 Å². The number of anilines is 2. The van der Waals surface area contributed by atoms with Crippen LogP contribution in [0.5, 0.6) is 11.5 Å². The third kappa shape index (κ3) is 3.25. The van der Waals surface area contributed by atoms with Crippen molar-refractivity contribution < 1.29 is 18.7 Å². The molecule has 0 spiro atoms. The van der Waals surface area contributed by atoms with Gasteiger partial charge in [0.15, 0.2) is 17.3 Å². The lowest BCUT2D eigenvalue weighted by atomic mass is 10.2. The van der Waals surface area contributed by atoms with Crippen molar-refractivity contribution in [3.63, 3.8) is 0 Å². The first-order valence-electron chi connectivity index (χ1n) is 7.33. The molecule has 0 radical (unpaired) electrons. The molecule has 0 saturated carbocycles. The molecule has 1 aromatic carbocycles. The standard InChI is InChI=1S/C16H17N5O4/c1-23-12-5-9-10(6-13(12)24-2)20-16(21-14(9)17)19-7-8-3-4-11(25-8)15(18)22/h3-6H,7H2,1-2H3,(H2,18,22)(H3,17,19,20,21). The molecule has 130 valence electrons. The van der Waals surface area contributed by atoms with E-state index in [1.54, 1.807) is 32.4 Å². The molecule has 9 heteroatoms. The molecule has 3 aromatic rings. The van der Waals surface area contributed by atoms with Crippen molar-refractivity contribution in [1.82, 2.24) is 9.97 Å². The molecule has 0 fully saturated rings. The van der Waals surface area contributed by atoms with Crippen LogP contribution in [0.2, 0.25) is 0 Å². The summed E-state index contributed by atoms with van der Waals surface area (Å²) in [5.41, 5.74) is 11.8. The Labute approximate surface area is 142 Å². The Balaban J connectivity index is 1.87. The number of nitrogens with one attached hydrogen (secondary N) is 1. The van der Waals surface area contributed by atoms with Crippen LogP contribution in [0, 0.1) is 0 Å². The number of ether oxygens (including phenoxy) is 2. The number of methoxy groups -OCH3 is 2. The minimum absolute atomic E-state index is 0.0903. The molecule has 25 heavy (non-hydrogen) atoms. The van der Waals surface area contributed by atoms with Crippen molar-refractivity contribution in [3.05, 3.63) is 35.8 Å². The fourth-order valence-electron chi connectivity index (χ4n) is 2.33. The quantitative estimate of drug-likeness (QED) is 0.612. The number of benzene rings is 1. The Morgan fingerprint density at radius 3 is 2.56 bits per heavy atom. The van der Waals surface area contributed by atoms with Gasteiger partial charge in [0.25, 0.3) is 5.91 Å². The lowest BCUT2D eigenvalue weighted by molar-refractivity contribution is 0.0972. The number of nitrogens with zero attached hydrogens (tertiary/aromatic N) is 2. The minimum atomic E-state index is -0.626. The third-order valence-corrected chi connectivity index (χ3v) is 3.56. The van der Waals surface area contributed by atoms with Crippen molar-refractivity contribution in [2.24, 2.45) is 5.73 Å². The molecular formula is C16H17N5O4. The average Bonchev–Trinajstić information content (AvgIpc) is 3.08. The van der Waals surface area contributed by atoms with Crippen LogP contribution >= 0.6 is 0 Å². The van der Waals surface area contributed by atoms with Crippen LogP contribution in [-0.4, -0.2) is 30.1 Å². The van der Waals surface area contributed by atoms with Gasteiger partial charge in [-0.1, -0.05) is 0 Å². The number of aromatic nitrogens is 2. The van der Waals surface area contributed by atoms with E-state index in [9.17, 15) is 4.79 Å². The first-order chi connectivity index (χ1) is 12.0.